The minimum atomic E-state index is -0.414. The van der Waals surface area contributed by atoms with E-state index in [4.69, 9.17) is 0 Å². The van der Waals surface area contributed by atoms with Crippen molar-refractivity contribution in [2.45, 2.75) is 13.5 Å². The van der Waals surface area contributed by atoms with Crippen LogP contribution in [-0.4, -0.2) is 21.4 Å². The topological polar surface area (TPSA) is 72.2 Å². The van der Waals surface area contributed by atoms with Crippen molar-refractivity contribution in [2.24, 2.45) is 0 Å². The maximum atomic E-state index is 11.2. The van der Waals surface area contributed by atoms with Gasteiger partial charge in [-0.25, -0.2) is 4.98 Å². The van der Waals surface area contributed by atoms with Crippen molar-refractivity contribution in [1.29, 1.82) is 0 Å². The molecule has 104 valence electrons. The van der Waals surface area contributed by atoms with E-state index < -0.39 is 4.92 Å². The maximum Gasteiger partial charge on any atom is 0.312 e. The largest absolute Gasteiger partial charge is 0.347 e. The second-order valence-corrected chi connectivity index (χ2v) is 5.04. The summed E-state index contributed by atoms with van der Waals surface area (Å²) in [4.78, 5) is 20.8. The van der Waals surface area contributed by atoms with Gasteiger partial charge in [0, 0.05) is 42.2 Å². The first kappa shape index (κ1) is 14.4. The van der Waals surface area contributed by atoms with Crippen molar-refractivity contribution in [3.63, 3.8) is 0 Å². The molecule has 0 aliphatic carbocycles. The van der Waals surface area contributed by atoms with E-state index in [1.807, 2.05) is 24.0 Å². The Kier molecular flexibility index (Phi) is 4.62. The van der Waals surface area contributed by atoms with Crippen LogP contribution in [0.4, 0.5) is 11.5 Å². The fourth-order valence-corrected chi connectivity index (χ4v) is 2.16. The van der Waals surface area contributed by atoms with Gasteiger partial charge in [0.1, 0.15) is 0 Å². The average Bonchev–Trinajstić information content (AvgIpc) is 2.46. The molecule has 0 N–H and O–H groups in total. The van der Waals surface area contributed by atoms with E-state index in [2.05, 4.69) is 25.9 Å². The molecule has 0 atom stereocenters. The number of hydrogen-bond acceptors (Lipinski definition) is 5. The molecule has 0 bridgehead atoms. The first-order valence-electron chi connectivity index (χ1n) is 6.05. The van der Waals surface area contributed by atoms with Gasteiger partial charge in [0.25, 0.3) is 0 Å². The third kappa shape index (κ3) is 3.30. The minimum Gasteiger partial charge on any atom is -0.347 e. The molecule has 2 rings (SSSR count). The highest BCUT2D eigenvalue weighted by atomic mass is 79.9. The van der Waals surface area contributed by atoms with E-state index in [1.165, 1.54) is 6.07 Å². The molecule has 0 aliphatic heterocycles. The summed E-state index contributed by atoms with van der Waals surface area (Å²) in [6.45, 7) is 3.11. The van der Waals surface area contributed by atoms with Crippen LogP contribution in [0.2, 0.25) is 0 Å². The van der Waals surface area contributed by atoms with Crippen molar-refractivity contribution < 1.29 is 4.92 Å². The Morgan fingerprint density at radius 1 is 1.40 bits per heavy atom. The molecule has 0 aliphatic rings. The van der Waals surface area contributed by atoms with Crippen molar-refractivity contribution >= 4 is 27.4 Å². The summed E-state index contributed by atoms with van der Waals surface area (Å²) in [6.07, 6.45) is 4.97. The standard InChI is InChI=1S/C13H13BrN4O2/c1-2-17(9-10-3-5-15-6-4-10)13-12(18(19)20)7-11(14)8-16-13/h3-8H,2,9H2,1H3. The van der Waals surface area contributed by atoms with Crippen LogP contribution in [0.1, 0.15) is 12.5 Å². The molecular formula is C13H13BrN4O2. The molecule has 0 saturated carbocycles. The molecule has 6 nitrogen and oxygen atoms in total. The Bertz CT molecular complexity index is 607. The number of anilines is 1. The van der Waals surface area contributed by atoms with Gasteiger partial charge < -0.3 is 4.90 Å². The first-order chi connectivity index (χ1) is 9.61. The summed E-state index contributed by atoms with van der Waals surface area (Å²) >= 11 is 3.21. The second kappa shape index (κ2) is 6.42. The summed E-state index contributed by atoms with van der Waals surface area (Å²) in [6, 6.07) is 5.23. The van der Waals surface area contributed by atoms with Crippen molar-refractivity contribution in [3.05, 3.63) is 56.9 Å². The van der Waals surface area contributed by atoms with Gasteiger partial charge in [0.15, 0.2) is 0 Å². The van der Waals surface area contributed by atoms with Crippen LogP contribution in [0.25, 0.3) is 0 Å². The van der Waals surface area contributed by atoms with Crippen LogP contribution in [0.15, 0.2) is 41.3 Å². The number of halogens is 1. The summed E-state index contributed by atoms with van der Waals surface area (Å²) in [5.41, 5.74) is 1.02. The highest BCUT2D eigenvalue weighted by Gasteiger charge is 2.20. The van der Waals surface area contributed by atoms with Crippen LogP contribution in [-0.2, 0) is 6.54 Å². The molecule has 0 radical (unpaired) electrons. The summed E-state index contributed by atoms with van der Waals surface area (Å²) in [5, 5.41) is 11.2. The molecule has 2 heterocycles. The van der Waals surface area contributed by atoms with Crippen LogP contribution in [0.5, 0.6) is 0 Å². The first-order valence-corrected chi connectivity index (χ1v) is 6.85. The smallest absolute Gasteiger partial charge is 0.312 e. The molecule has 0 fully saturated rings. The lowest BCUT2D eigenvalue weighted by atomic mass is 10.2. The Morgan fingerprint density at radius 3 is 2.70 bits per heavy atom. The maximum absolute atomic E-state index is 11.2. The Labute approximate surface area is 124 Å². The van der Waals surface area contributed by atoms with Crippen molar-refractivity contribution in [2.75, 3.05) is 11.4 Å². The van der Waals surface area contributed by atoms with Crippen molar-refractivity contribution in [3.8, 4) is 0 Å². The van der Waals surface area contributed by atoms with Gasteiger partial charge in [0.05, 0.1) is 4.92 Å². The van der Waals surface area contributed by atoms with E-state index in [-0.39, 0.29) is 5.69 Å². The third-order valence-electron chi connectivity index (χ3n) is 2.81. The minimum absolute atomic E-state index is 0.00437. The summed E-state index contributed by atoms with van der Waals surface area (Å²) in [7, 11) is 0. The molecule has 0 aromatic carbocycles. The van der Waals surface area contributed by atoms with E-state index in [9.17, 15) is 10.1 Å². The van der Waals surface area contributed by atoms with Gasteiger partial charge in [-0.3, -0.25) is 15.1 Å². The molecule has 2 aromatic rings. The van der Waals surface area contributed by atoms with E-state index in [0.29, 0.717) is 23.4 Å². The monoisotopic (exact) mass is 336 g/mol. The number of rotatable bonds is 5. The van der Waals surface area contributed by atoms with Gasteiger partial charge in [-0.2, -0.15) is 0 Å². The quantitative estimate of drug-likeness (QED) is 0.619. The number of hydrogen-bond donors (Lipinski definition) is 0. The lowest BCUT2D eigenvalue weighted by molar-refractivity contribution is -0.384. The molecule has 0 amide bonds. The van der Waals surface area contributed by atoms with Gasteiger partial charge in [-0.05, 0) is 40.5 Å². The lowest BCUT2D eigenvalue weighted by Gasteiger charge is -2.21. The van der Waals surface area contributed by atoms with Crippen LogP contribution < -0.4 is 4.90 Å². The molecule has 0 saturated heterocycles. The van der Waals surface area contributed by atoms with E-state index in [0.717, 1.165) is 5.56 Å². The second-order valence-electron chi connectivity index (χ2n) is 4.12. The zero-order chi connectivity index (χ0) is 14.5. The van der Waals surface area contributed by atoms with Gasteiger partial charge in [-0.1, -0.05) is 0 Å². The predicted octanol–water partition coefficient (Wildman–Crippen LogP) is 3.17. The zero-order valence-corrected chi connectivity index (χ0v) is 12.4. The molecule has 0 unspecified atom stereocenters. The molecule has 20 heavy (non-hydrogen) atoms. The van der Waals surface area contributed by atoms with Gasteiger partial charge in [-0.15, -0.1) is 0 Å². The summed E-state index contributed by atoms with van der Waals surface area (Å²) in [5.74, 6) is 0.373. The SMILES string of the molecule is CCN(Cc1ccncc1)c1ncc(Br)cc1[N+](=O)[O-]. The number of nitro groups is 1. The highest BCUT2D eigenvalue weighted by Crippen LogP contribution is 2.29. The number of aromatic nitrogens is 2. The Morgan fingerprint density at radius 2 is 2.10 bits per heavy atom. The van der Waals surface area contributed by atoms with Gasteiger partial charge >= 0.3 is 5.69 Å². The van der Waals surface area contributed by atoms with Crippen LogP contribution in [0.3, 0.4) is 0 Å². The molecule has 7 heteroatoms. The normalized spacial score (nSPS) is 10.3. The fraction of sp³-hybridized carbons (Fsp3) is 0.231. The van der Waals surface area contributed by atoms with Crippen molar-refractivity contribution in [1.82, 2.24) is 9.97 Å². The van der Waals surface area contributed by atoms with Gasteiger partial charge in [0.2, 0.25) is 5.82 Å². The third-order valence-corrected chi connectivity index (χ3v) is 3.25. The average molecular weight is 337 g/mol. The Balaban J connectivity index is 2.34. The molecule has 2 aromatic heterocycles. The lowest BCUT2D eigenvalue weighted by Crippen LogP contribution is -2.24. The highest BCUT2D eigenvalue weighted by molar-refractivity contribution is 9.10. The van der Waals surface area contributed by atoms with E-state index >= 15 is 0 Å². The van der Waals surface area contributed by atoms with Crippen LogP contribution in [0, 0.1) is 10.1 Å². The predicted molar refractivity (Wildman–Crippen MR) is 79.6 cm³/mol. The van der Waals surface area contributed by atoms with Crippen LogP contribution >= 0.6 is 15.9 Å². The number of nitrogens with zero attached hydrogens (tertiary/aromatic N) is 4. The molecular weight excluding hydrogens is 324 g/mol. The molecule has 0 spiro atoms. The Hall–Kier alpha value is -2.02. The fourth-order valence-electron chi connectivity index (χ4n) is 1.84. The van der Waals surface area contributed by atoms with E-state index in [1.54, 1.807) is 18.6 Å². The zero-order valence-electron chi connectivity index (χ0n) is 10.9. The number of pyridine rings is 2. The summed E-state index contributed by atoms with van der Waals surface area (Å²) < 4.78 is 0.591.